The van der Waals surface area contributed by atoms with Gasteiger partial charge in [-0.3, -0.25) is 4.68 Å². The van der Waals surface area contributed by atoms with E-state index < -0.39 is 0 Å². The maximum Gasteiger partial charge on any atom is 0.173 e. The lowest BCUT2D eigenvalue weighted by atomic mass is 10.2. The van der Waals surface area contributed by atoms with Gasteiger partial charge in [-0.25, -0.2) is 4.98 Å². The van der Waals surface area contributed by atoms with Crippen molar-refractivity contribution in [3.8, 4) is 0 Å². The number of hydrogen-bond donors (Lipinski definition) is 1. The van der Waals surface area contributed by atoms with E-state index in [1.54, 1.807) is 11.0 Å². The molecule has 0 aliphatic heterocycles. The molecule has 0 radical (unpaired) electrons. The normalized spacial score (nSPS) is 13.2. The summed E-state index contributed by atoms with van der Waals surface area (Å²) in [4.78, 5) is 4.24. The summed E-state index contributed by atoms with van der Waals surface area (Å²) >= 11 is 0. The number of likely N-dealkylation sites (N-methyl/N-ethyl adjacent to an activating group) is 1. The predicted molar refractivity (Wildman–Crippen MR) is 69.2 cm³/mol. The van der Waals surface area contributed by atoms with E-state index in [1.807, 2.05) is 20.9 Å². The fraction of sp³-hybridized carbons (Fsp3) is 0.833. The molecular weight excluding hydrogens is 232 g/mol. The first kappa shape index (κ1) is 15.1. The molecule has 1 atom stereocenters. The third kappa shape index (κ3) is 4.36. The second kappa shape index (κ2) is 8.18. The Bertz CT molecular complexity index is 324. The van der Waals surface area contributed by atoms with Crippen molar-refractivity contribution in [1.82, 2.24) is 20.1 Å². The van der Waals surface area contributed by atoms with E-state index in [9.17, 15) is 0 Å². The quantitative estimate of drug-likeness (QED) is 0.660. The number of nitrogens with zero attached hydrogens (tertiary/aromatic N) is 3. The Hall–Kier alpha value is -0.980. The van der Waals surface area contributed by atoms with Crippen molar-refractivity contribution >= 4 is 0 Å². The molecule has 6 nitrogen and oxygen atoms in total. The molecule has 0 aliphatic carbocycles. The molecule has 1 aromatic rings. The molecule has 1 rings (SSSR count). The summed E-state index contributed by atoms with van der Waals surface area (Å²) in [5.74, 6) is 0.922. The second-order valence-corrected chi connectivity index (χ2v) is 3.95. The minimum Gasteiger partial charge on any atom is -0.351 e. The van der Waals surface area contributed by atoms with Crippen molar-refractivity contribution in [3.63, 3.8) is 0 Å². The largest absolute Gasteiger partial charge is 0.351 e. The number of hydrogen-bond acceptors (Lipinski definition) is 5. The van der Waals surface area contributed by atoms with Gasteiger partial charge in [0.05, 0.1) is 6.04 Å². The molecule has 0 aliphatic rings. The van der Waals surface area contributed by atoms with Crippen LogP contribution in [0.3, 0.4) is 0 Å². The lowest BCUT2D eigenvalue weighted by Gasteiger charge is -2.27. The highest BCUT2D eigenvalue weighted by Crippen LogP contribution is 2.08. The fourth-order valence-corrected chi connectivity index (χ4v) is 1.84. The highest BCUT2D eigenvalue weighted by atomic mass is 16.7. The van der Waals surface area contributed by atoms with Crippen LogP contribution in [0, 0.1) is 0 Å². The molecule has 0 spiro atoms. The average Bonchev–Trinajstić information content (AvgIpc) is 2.74. The Kier molecular flexibility index (Phi) is 6.85. The molecule has 1 unspecified atom stereocenters. The molecule has 6 heteroatoms. The first-order chi connectivity index (χ1) is 8.72. The molecule has 1 N–H and O–H groups in total. The zero-order chi connectivity index (χ0) is 13.4. The fourth-order valence-electron chi connectivity index (χ4n) is 1.84. The third-order valence-electron chi connectivity index (χ3n) is 2.66. The number of rotatable bonds is 9. The number of aryl methyl sites for hydroxylation is 1. The van der Waals surface area contributed by atoms with Gasteiger partial charge >= 0.3 is 0 Å². The predicted octanol–water partition coefficient (Wildman–Crippen LogP) is 0.735. The van der Waals surface area contributed by atoms with Crippen LogP contribution in [0.2, 0.25) is 0 Å². The van der Waals surface area contributed by atoms with Crippen LogP contribution in [0.25, 0.3) is 0 Å². The summed E-state index contributed by atoms with van der Waals surface area (Å²) < 4.78 is 13.1. The molecule has 0 fully saturated rings. The van der Waals surface area contributed by atoms with Crippen molar-refractivity contribution in [2.24, 2.45) is 7.05 Å². The van der Waals surface area contributed by atoms with Crippen LogP contribution in [0.5, 0.6) is 0 Å². The Morgan fingerprint density at radius 2 is 1.94 bits per heavy atom. The molecule has 1 aromatic heterocycles. The van der Waals surface area contributed by atoms with Crippen LogP contribution in [-0.2, 0) is 22.9 Å². The maximum absolute atomic E-state index is 5.64. The van der Waals surface area contributed by atoms with Crippen molar-refractivity contribution in [2.45, 2.75) is 39.5 Å². The van der Waals surface area contributed by atoms with Crippen LogP contribution in [0.1, 0.15) is 26.6 Å². The van der Waals surface area contributed by atoms with Crippen LogP contribution in [0.4, 0.5) is 0 Å². The lowest BCUT2D eigenvalue weighted by Crippen LogP contribution is -2.45. The summed E-state index contributed by atoms with van der Waals surface area (Å²) in [7, 11) is 1.89. The van der Waals surface area contributed by atoms with E-state index in [1.165, 1.54) is 0 Å². The van der Waals surface area contributed by atoms with E-state index in [2.05, 4.69) is 22.3 Å². The van der Waals surface area contributed by atoms with Gasteiger partial charge in [-0.2, -0.15) is 5.10 Å². The van der Waals surface area contributed by atoms with Crippen molar-refractivity contribution in [2.75, 3.05) is 19.8 Å². The first-order valence-corrected chi connectivity index (χ1v) is 6.52. The van der Waals surface area contributed by atoms with E-state index in [4.69, 9.17) is 9.47 Å². The molecule has 0 saturated heterocycles. The van der Waals surface area contributed by atoms with Gasteiger partial charge in [-0.15, -0.1) is 0 Å². The van der Waals surface area contributed by atoms with Gasteiger partial charge in [-0.05, 0) is 20.4 Å². The SMILES string of the molecule is CCNC(Cc1ncnn1C)C(OCC)OCC. The molecule has 0 amide bonds. The highest BCUT2D eigenvalue weighted by molar-refractivity contribution is 4.90. The van der Waals surface area contributed by atoms with Gasteiger partial charge in [0, 0.05) is 26.7 Å². The zero-order valence-corrected chi connectivity index (χ0v) is 11.7. The van der Waals surface area contributed by atoms with Gasteiger partial charge in [0.25, 0.3) is 0 Å². The standard InChI is InChI=1S/C12H24N4O2/c1-5-13-10(12(17-6-2)18-7-3)8-11-14-9-15-16(11)4/h9-10,12-13H,5-8H2,1-4H3. The Morgan fingerprint density at radius 3 is 2.39 bits per heavy atom. The minimum absolute atomic E-state index is 0.0813. The van der Waals surface area contributed by atoms with E-state index in [0.29, 0.717) is 13.2 Å². The molecule has 0 saturated carbocycles. The topological polar surface area (TPSA) is 61.2 Å². The summed E-state index contributed by atoms with van der Waals surface area (Å²) in [6, 6.07) is 0.0813. The highest BCUT2D eigenvalue weighted by Gasteiger charge is 2.23. The van der Waals surface area contributed by atoms with Crippen molar-refractivity contribution in [3.05, 3.63) is 12.2 Å². The maximum atomic E-state index is 5.64. The smallest absolute Gasteiger partial charge is 0.173 e. The summed E-state index contributed by atoms with van der Waals surface area (Å²) in [6.45, 7) is 8.13. The van der Waals surface area contributed by atoms with Gasteiger partial charge < -0.3 is 14.8 Å². The van der Waals surface area contributed by atoms with Crippen molar-refractivity contribution in [1.29, 1.82) is 0 Å². The van der Waals surface area contributed by atoms with Crippen LogP contribution in [0.15, 0.2) is 6.33 Å². The van der Waals surface area contributed by atoms with E-state index >= 15 is 0 Å². The van der Waals surface area contributed by atoms with Crippen LogP contribution < -0.4 is 5.32 Å². The zero-order valence-electron chi connectivity index (χ0n) is 11.7. The molecule has 0 bridgehead atoms. The van der Waals surface area contributed by atoms with Crippen LogP contribution in [-0.4, -0.2) is 46.9 Å². The number of nitrogens with one attached hydrogen (secondary N) is 1. The summed E-state index contributed by atoms with van der Waals surface area (Å²) in [5, 5.41) is 7.46. The number of aromatic nitrogens is 3. The Labute approximate surface area is 109 Å². The molecule has 18 heavy (non-hydrogen) atoms. The molecule has 0 aromatic carbocycles. The van der Waals surface area contributed by atoms with E-state index in [-0.39, 0.29) is 12.3 Å². The van der Waals surface area contributed by atoms with Crippen molar-refractivity contribution < 1.29 is 9.47 Å². The third-order valence-corrected chi connectivity index (χ3v) is 2.66. The molecule has 1 heterocycles. The second-order valence-electron chi connectivity index (χ2n) is 3.95. The van der Waals surface area contributed by atoms with Gasteiger partial charge in [0.2, 0.25) is 0 Å². The summed E-state index contributed by atoms with van der Waals surface area (Å²) in [6.07, 6.45) is 2.04. The van der Waals surface area contributed by atoms with Gasteiger partial charge in [0.15, 0.2) is 6.29 Å². The number of ether oxygens (including phenoxy) is 2. The van der Waals surface area contributed by atoms with Crippen LogP contribution >= 0.6 is 0 Å². The minimum atomic E-state index is -0.253. The van der Waals surface area contributed by atoms with Gasteiger partial charge in [-0.1, -0.05) is 6.92 Å². The van der Waals surface area contributed by atoms with Gasteiger partial charge in [0.1, 0.15) is 12.2 Å². The first-order valence-electron chi connectivity index (χ1n) is 6.52. The average molecular weight is 256 g/mol. The Balaban J connectivity index is 2.69. The van der Waals surface area contributed by atoms with E-state index in [0.717, 1.165) is 18.8 Å². The molecular formula is C12H24N4O2. The lowest BCUT2D eigenvalue weighted by molar-refractivity contribution is -0.153. The summed E-state index contributed by atoms with van der Waals surface area (Å²) in [5.41, 5.74) is 0. The monoisotopic (exact) mass is 256 g/mol. The molecule has 104 valence electrons. The Morgan fingerprint density at radius 1 is 1.28 bits per heavy atom.